The number of fused-ring (bicyclic) bond motifs is 2. The van der Waals surface area contributed by atoms with Gasteiger partial charge in [0.05, 0.1) is 23.7 Å². The lowest BCUT2D eigenvalue weighted by Crippen LogP contribution is -2.41. The first-order chi connectivity index (χ1) is 15.2. The number of aliphatic imine (C=N–C) groups is 1. The van der Waals surface area contributed by atoms with E-state index in [0.717, 1.165) is 16.4 Å². The highest BCUT2D eigenvalue weighted by atomic mass is 31.1. The molecule has 0 saturated heterocycles. The van der Waals surface area contributed by atoms with E-state index in [1.54, 1.807) is 20.2 Å². The van der Waals surface area contributed by atoms with Gasteiger partial charge in [-0.2, -0.15) is 5.20 Å². The Bertz CT molecular complexity index is 1140. The van der Waals surface area contributed by atoms with Gasteiger partial charge < -0.3 is 9.47 Å². The summed E-state index contributed by atoms with van der Waals surface area (Å²) in [5.41, 5.74) is 2.19. The number of carbonyl (C=O) groups excluding carboxylic acids is 1. The average molecular weight is 432 g/mol. The van der Waals surface area contributed by atoms with E-state index in [1.807, 2.05) is 65.7 Å². The molecule has 7 nitrogen and oxygen atoms in total. The van der Waals surface area contributed by atoms with Crippen molar-refractivity contribution >= 4 is 31.7 Å². The zero-order valence-corrected chi connectivity index (χ0v) is 18.0. The largest absolute Gasteiger partial charge is 0.463 e. The summed E-state index contributed by atoms with van der Waals surface area (Å²) in [7, 11) is -1.01. The molecule has 0 spiro atoms. The Balaban J connectivity index is 1.64. The van der Waals surface area contributed by atoms with Crippen molar-refractivity contribution < 1.29 is 14.3 Å². The highest BCUT2D eigenvalue weighted by Crippen LogP contribution is 2.47. The third-order valence-electron chi connectivity index (χ3n) is 5.22. The van der Waals surface area contributed by atoms with Crippen molar-refractivity contribution in [3.63, 3.8) is 0 Å². The number of ether oxygens (including phenoxy) is 2. The molecule has 1 N–H and O–H groups in total. The lowest BCUT2D eigenvalue weighted by molar-refractivity contribution is -0.139. The van der Waals surface area contributed by atoms with E-state index < -0.39 is 20.1 Å². The Morgan fingerprint density at radius 1 is 1.16 bits per heavy atom. The number of hydrazine groups is 1. The average Bonchev–Trinajstić information content (AvgIpc) is 3.24. The fourth-order valence-electron chi connectivity index (χ4n) is 3.87. The first kappa shape index (κ1) is 19.7. The molecule has 5 rings (SSSR count). The first-order valence-corrected chi connectivity index (χ1v) is 11.4. The number of benzene rings is 2. The number of allylic oxidation sites excluding steroid dienone is 1. The molecule has 156 valence electrons. The van der Waals surface area contributed by atoms with Crippen LogP contribution in [0.4, 0.5) is 0 Å². The first-order valence-electron chi connectivity index (χ1n) is 10.1. The minimum atomic E-state index is -1.01. The highest BCUT2D eigenvalue weighted by molar-refractivity contribution is 7.62. The Kier molecular flexibility index (Phi) is 5.14. The molecule has 3 heterocycles. The standard InChI is InChI=1S/C23H21N4O3P/c1-3-29-23(28)18-15(2)30-22-20(19(18)16-10-6-4-7-11-16)21-25-31(26-27(21)14-24-22)17-12-8-5-9-13-17/h4-14,19,26H,3H2,1-2H3. The number of carbonyl (C=O) groups is 1. The summed E-state index contributed by atoms with van der Waals surface area (Å²) in [4.78, 5) is 17.5. The van der Waals surface area contributed by atoms with Crippen LogP contribution < -0.4 is 10.5 Å². The van der Waals surface area contributed by atoms with Crippen molar-refractivity contribution in [3.05, 3.63) is 89.0 Å². The van der Waals surface area contributed by atoms with Gasteiger partial charge in [0.2, 0.25) is 5.88 Å². The van der Waals surface area contributed by atoms with E-state index >= 15 is 0 Å². The maximum absolute atomic E-state index is 13.0. The molecule has 3 aliphatic heterocycles. The van der Waals surface area contributed by atoms with Crippen LogP contribution in [-0.2, 0) is 14.3 Å². The van der Waals surface area contributed by atoms with Crippen molar-refractivity contribution in [1.82, 2.24) is 10.2 Å². The van der Waals surface area contributed by atoms with E-state index in [2.05, 4.69) is 10.2 Å². The second kappa shape index (κ2) is 8.10. The molecule has 0 aromatic heterocycles. The van der Waals surface area contributed by atoms with Gasteiger partial charge in [-0.1, -0.05) is 60.7 Å². The minimum absolute atomic E-state index is 0.287. The van der Waals surface area contributed by atoms with Gasteiger partial charge in [-0.3, -0.25) is 0 Å². The molecule has 0 fully saturated rings. The predicted octanol–water partition coefficient (Wildman–Crippen LogP) is 3.75. The molecule has 31 heavy (non-hydrogen) atoms. The Morgan fingerprint density at radius 3 is 2.58 bits per heavy atom. The zero-order chi connectivity index (χ0) is 21.4. The summed E-state index contributed by atoms with van der Waals surface area (Å²) in [6.45, 7) is 3.86. The normalized spacial score (nSPS) is 22.0. The minimum Gasteiger partial charge on any atom is -0.463 e. The smallest absolute Gasteiger partial charge is 0.338 e. The Morgan fingerprint density at radius 2 is 1.87 bits per heavy atom. The second-order valence-electron chi connectivity index (χ2n) is 7.14. The monoisotopic (exact) mass is 432 g/mol. The van der Waals surface area contributed by atoms with Gasteiger partial charge in [0.15, 0.2) is 5.84 Å². The summed E-state index contributed by atoms with van der Waals surface area (Å²) < 4.78 is 16.4. The van der Waals surface area contributed by atoms with Crippen LogP contribution in [0.25, 0.3) is 0 Å². The lowest BCUT2D eigenvalue weighted by atomic mass is 9.81. The second-order valence-corrected chi connectivity index (χ2v) is 8.68. The number of hydrogen-bond donors (Lipinski definition) is 1. The van der Waals surface area contributed by atoms with Crippen molar-refractivity contribution in [2.75, 3.05) is 6.61 Å². The van der Waals surface area contributed by atoms with Crippen LogP contribution in [0.2, 0.25) is 0 Å². The molecule has 0 amide bonds. The molecule has 0 saturated carbocycles. The SMILES string of the molecule is CCOC(=O)C1=C(C)OC2=C(C3=NP(c4ccccc4)NN3C=N2)C1c1ccccc1. The van der Waals surface area contributed by atoms with Crippen LogP contribution in [0.5, 0.6) is 0 Å². The number of esters is 1. The van der Waals surface area contributed by atoms with Crippen LogP contribution in [0.15, 0.2) is 93.2 Å². The summed E-state index contributed by atoms with van der Waals surface area (Å²) in [5, 5.41) is 6.34. The fourth-order valence-corrected chi connectivity index (χ4v) is 5.34. The van der Waals surface area contributed by atoms with Crippen molar-refractivity contribution in [2.45, 2.75) is 19.8 Å². The van der Waals surface area contributed by atoms with Gasteiger partial charge in [0.1, 0.15) is 20.3 Å². The summed E-state index contributed by atoms with van der Waals surface area (Å²) in [5.74, 6) is 0.881. The maximum atomic E-state index is 13.0. The summed E-state index contributed by atoms with van der Waals surface area (Å²) in [6.07, 6.45) is 1.67. The van der Waals surface area contributed by atoms with Crippen LogP contribution in [0, 0.1) is 0 Å². The molecule has 2 aromatic rings. The third-order valence-corrected chi connectivity index (χ3v) is 6.80. The zero-order valence-electron chi connectivity index (χ0n) is 17.1. The third kappa shape index (κ3) is 3.46. The topological polar surface area (TPSA) is 75.5 Å². The molecular formula is C23H21N4O3P. The molecule has 2 atom stereocenters. The van der Waals surface area contributed by atoms with Crippen molar-refractivity contribution in [1.29, 1.82) is 0 Å². The molecule has 2 aromatic carbocycles. The maximum Gasteiger partial charge on any atom is 0.338 e. The number of nitrogens with one attached hydrogen (secondary N) is 1. The van der Waals surface area contributed by atoms with Crippen LogP contribution in [0.3, 0.4) is 0 Å². The number of nitrogens with zero attached hydrogens (tertiary/aromatic N) is 3. The fraction of sp³-hybridized carbons (Fsp3) is 0.174. The van der Waals surface area contributed by atoms with Gasteiger partial charge in [-0.25, -0.2) is 19.6 Å². The lowest BCUT2D eigenvalue weighted by Gasteiger charge is -2.33. The van der Waals surface area contributed by atoms with Crippen LogP contribution in [-0.4, -0.2) is 29.8 Å². The summed E-state index contributed by atoms with van der Waals surface area (Å²) in [6, 6.07) is 19.9. The van der Waals surface area contributed by atoms with Gasteiger partial charge in [0.25, 0.3) is 0 Å². The molecule has 0 aliphatic carbocycles. The van der Waals surface area contributed by atoms with Gasteiger partial charge in [0, 0.05) is 5.30 Å². The highest BCUT2D eigenvalue weighted by Gasteiger charge is 2.43. The van der Waals surface area contributed by atoms with Gasteiger partial charge in [-0.15, -0.1) is 0 Å². The van der Waals surface area contributed by atoms with Gasteiger partial charge >= 0.3 is 5.97 Å². The van der Waals surface area contributed by atoms with Crippen LogP contribution >= 0.6 is 8.22 Å². The molecule has 2 unspecified atom stereocenters. The molecular weight excluding hydrogens is 411 g/mol. The Hall–Kier alpha value is -3.28. The molecule has 8 heteroatoms. The van der Waals surface area contributed by atoms with E-state index in [1.165, 1.54) is 0 Å². The molecule has 3 aliphatic rings. The van der Waals surface area contributed by atoms with E-state index in [0.29, 0.717) is 23.1 Å². The number of hydrogen-bond acceptors (Lipinski definition) is 7. The summed E-state index contributed by atoms with van der Waals surface area (Å²) >= 11 is 0. The van der Waals surface area contributed by atoms with Crippen LogP contribution in [0.1, 0.15) is 25.3 Å². The quantitative estimate of drug-likeness (QED) is 0.588. The van der Waals surface area contributed by atoms with Crippen molar-refractivity contribution in [3.8, 4) is 0 Å². The Labute approximate surface area is 181 Å². The number of rotatable bonds is 4. The number of amidine groups is 1. The molecule has 0 radical (unpaired) electrons. The van der Waals surface area contributed by atoms with Gasteiger partial charge in [-0.05, 0) is 19.4 Å². The molecule has 0 bridgehead atoms. The van der Waals surface area contributed by atoms with E-state index in [4.69, 9.17) is 14.2 Å². The van der Waals surface area contributed by atoms with E-state index in [9.17, 15) is 4.79 Å². The predicted molar refractivity (Wildman–Crippen MR) is 121 cm³/mol. The van der Waals surface area contributed by atoms with E-state index in [-0.39, 0.29) is 6.61 Å². The van der Waals surface area contributed by atoms with Crippen molar-refractivity contribution in [2.24, 2.45) is 9.76 Å².